The Morgan fingerprint density at radius 3 is 2.73 bits per heavy atom. The highest BCUT2D eigenvalue weighted by Crippen LogP contribution is 2.27. The van der Waals surface area contributed by atoms with Gasteiger partial charge in [0.25, 0.3) is 0 Å². The lowest BCUT2D eigenvalue weighted by Crippen LogP contribution is -2.39. The zero-order valence-corrected chi connectivity index (χ0v) is 15.4. The van der Waals surface area contributed by atoms with E-state index >= 15 is 0 Å². The lowest BCUT2D eigenvalue weighted by Gasteiger charge is -2.31. The topological polar surface area (TPSA) is 76.5 Å². The fourth-order valence-electron chi connectivity index (χ4n) is 3.68. The summed E-state index contributed by atoms with van der Waals surface area (Å²) >= 11 is 0. The van der Waals surface area contributed by atoms with Gasteiger partial charge in [-0.05, 0) is 39.7 Å². The molecule has 3 aromatic rings. The average Bonchev–Trinajstić information content (AvgIpc) is 3.16. The molecule has 1 saturated heterocycles. The van der Waals surface area contributed by atoms with Gasteiger partial charge >= 0.3 is 0 Å². The highest BCUT2D eigenvalue weighted by atomic mass is 16.5. The second-order valence-electron chi connectivity index (χ2n) is 7.08. The molecule has 0 radical (unpaired) electrons. The van der Waals surface area contributed by atoms with Gasteiger partial charge in [0.2, 0.25) is 5.91 Å². The smallest absolute Gasteiger partial charge is 0.227 e. The van der Waals surface area contributed by atoms with Crippen molar-refractivity contribution in [2.45, 2.75) is 46.0 Å². The van der Waals surface area contributed by atoms with Gasteiger partial charge in [-0.15, -0.1) is 0 Å². The number of aryl methyl sites for hydroxylation is 3. The molecule has 26 heavy (non-hydrogen) atoms. The molecule has 4 heterocycles. The maximum Gasteiger partial charge on any atom is 0.227 e. The minimum atomic E-state index is 0.146. The number of piperidine rings is 1. The summed E-state index contributed by atoms with van der Waals surface area (Å²) in [7, 11) is 0. The molecule has 0 unspecified atom stereocenters. The first-order valence-electron chi connectivity index (χ1n) is 9.03. The van der Waals surface area contributed by atoms with Crippen molar-refractivity contribution >= 4 is 11.6 Å². The number of fused-ring (bicyclic) bond motifs is 1. The predicted molar refractivity (Wildman–Crippen MR) is 96.0 cm³/mol. The summed E-state index contributed by atoms with van der Waals surface area (Å²) in [6, 6.07) is 4.04. The Hall–Kier alpha value is -2.70. The Bertz CT molecular complexity index is 931. The molecule has 0 spiro atoms. The van der Waals surface area contributed by atoms with Crippen LogP contribution < -0.4 is 0 Å². The van der Waals surface area contributed by atoms with Crippen LogP contribution in [0.4, 0.5) is 0 Å². The number of hydrogen-bond acceptors (Lipinski definition) is 5. The summed E-state index contributed by atoms with van der Waals surface area (Å²) in [5.41, 5.74) is 4.67. The van der Waals surface area contributed by atoms with E-state index in [0.717, 1.165) is 60.0 Å². The Kier molecular flexibility index (Phi) is 4.22. The van der Waals surface area contributed by atoms with Crippen LogP contribution in [0.25, 0.3) is 5.65 Å². The van der Waals surface area contributed by atoms with E-state index in [9.17, 15) is 4.79 Å². The van der Waals surface area contributed by atoms with Crippen molar-refractivity contribution in [2.75, 3.05) is 13.1 Å². The molecule has 7 nitrogen and oxygen atoms in total. The van der Waals surface area contributed by atoms with Crippen LogP contribution in [0.5, 0.6) is 0 Å². The van der Waals surface area contributed by atoms with E-state index in [1.807, 2.05) is 44.0 Å². The van der Waals surface area contributed by atoms with Gasteiger partial charge in [0.05, 0.1) is 17.8 Å². The van der Waals surface area contributed by atoms with Crippen LogP contribution in [-0.4, -0.2) is 43.7 Å². The average molecular weight is 353 g/mol. The first-order chi connectivity index (χ1) is 12.5. The molecule has 0 bridgehead atoms. The molecule has 0 aliphatic carbocycles. The first kappa shape index (κ1) is 16.8. The highest BCUT2D eigenvalue weighted by molar-refractivity contribution is 5.79. The molecule has 3 aromatic heterocycles. The fraction of sp³-hybridized carbons (Fsp3) is 0.474. The summed E-state index contributed by atoms with van der Waals surface area (Å²) in [6.45, 7) is 7.23. The van der Waals surface area contributed by atoms with Crippen molar-refractivity contribution in [2.24, 2.45) is 0 Å². The van der Waals surface area contributed by atoms with Crippen molar-refractivity contribution < 1.29 is 9.32 Å². The van der Waals surface area contributed by atoms with Crippen molar-refractivity contribution in [1.29, 1.82) is 0 Å². The van der Waals surface area contributed by atoms with Gasteiger partial charge < -0.3 is 9.42 Å². The lowest BCUT2D eigenvalue weighted by atomic mass is 9.93. The molecule has 136 valence electrons. The Morgan fingerprint density at radius 2 is 2.04 bits per heavy atom. The highest BCUT2D eigenvalue weighted by Gasteiger charge is 2.26. The zero-order valence-electron chi connectivity index (χ0n) is 15.4. The van der Waals surface area contributed by atoms with E-state index in [4.69, 9.17) is 9.51 Å². The van der Waals surface area contributed by atoms with Crippen molar-refractivity contribution in [1.82, 2.24) is 24.7 Å². The summed E-state index contributed by atoms with van der Waals surface area (Å²) < 4.78 is 6.97. The predicted octanol–water partition coefficient (Wildman–Crippen LogP) is 2.59. The molecule has 1 aliphatic rings. The SMILES string of the molecule is Cc1cc2nc(C3CCN(C(=O)Cc4c(C)noc4C)CC3)ccn2n1. The van der Waals surface area contributed by atoms with Crippen LogP contribution in [0.2, 0.25) is 0 Å². The lowest BCUT2D eigenvalue weighted by molar-refractivity contribution is -0.131. The second kappa shape index (κ2) is 6.55. The molecule has 1 fully saturated rings. The van der Waals surface area contributed by atoms with E-state index in [0.29, 0.717) is 12.3 Å². The first-order valence-corrected chi connectivity index (χ1v) is 9.03. The molecule has 1 amide bonds. The summed E-state index contributed by atoms with van der Waals surface area (Å²) in [6.07, 6.45) is 4.21. The van der Waals surface area contributed by atoms with Gasteiger partial charge in [-0.3, -0.25) is 4.79 Å². The number of carbonyl (C=O) groups is 1. The third-order valence-electron chi connectivity index (χ3n) is 5.24. The van der Waals surface area contributed by atoms with Crippen LogP contribution in [0.3, 0.4) is 0 Å². The van der Waals surface area contributed by atoms with Crippen LogP contribution in [0, 0.1) is 20.8 Å². The molecule has 0 saturated carbocycles. The van der Waals surface area contributed by atoms with Gasteiger partial charge in [0, 0.05) is 42.5 Å². The number of likely N-dealkylation sites (tertiary alicyclic amines) is 1. The van der Waals surface area contributed by atoms with Crippen LogP contribution in [-0.2, 0) is 11.2 Å². The Balaban J connectivity index is 1.40. The Morgan fingerprint density at radius 1 is 1.27 bits per heavy atom. The molecule has 7 heteroatoms. The summed E-state index contributed by atoms with van der Waals surface area (Å²) in [4.78, 5) is 19.3. The van der Waals surface area contributed by atoms with Crippen LogP contribution in [0.15, 0.2) is 22.9 Å². The standard InChI is InChI=1S/C19H23N5O2/c1-12-10-18-20-17(6-9-24(18)21-12)15-4-7-23(8-5-15)19(25)11-16-13(2)22-26-14(16)3/h6,9-10,15H,4-5,7-8,11H2,1-3H3. The number of aromatic nitrogens is 4. The van der Waals surface area contributed by atoms with Crippen molar-refractivity contribution in [3.05, 3.63) is 46.7 Å². The molecule has 0 N–H and O–H groups in total. The fourth-order valence-corrected chi connectivity index (χ4v) is 3.68. The van der Waals surface area contributed by atoms with Crippen LogP contribution in [0.1, 0.15) is 47.2 Å². The monoisotopic (exact) mass is 353 g/mol. The number of rotatable bonds is 3. The van der Waals surface area contributed by atoms with Crippen molar-refractivity contribution in [3.8, 4) is 0 Å². The minimum absolute atomic E-state index is 0.146. The van der Waals surface area contributed by atoms with Gasteiger partial charge in [-0.25, -0.2) is 9.50 Å². The normalized spacial score (nSPS) is 15.7. The Labute approximate surface area is 152 Å². The van der Waals surface area contributed by atoms with E-state index in [1.165, 1.54) is 0 Å². The maximum atomic E-state index is 12.6. The maximum absolute atomic E-state index is 12.6. The molecular formula is C19H23N5O2. The third-order valence-corrected chi connectivity index (χ3v) is 5.24. The van der Waals surface area contributed by atoms with Crippen molar-refractivity contribution in [3.63, 3.8) is 0 Å². The van der Waals surface area contributed by atoms with E-state index in [1.54, 1.807) is 4.52 Å². The largest absolute Gasteiger partial charge is 0.361 e. The number of amides is 1. The minimum Gasteiger partial charge on any atom is -0.361 e. The third kappa shape index (κ3) is 3.09. The zero-order chi connectivity index (χ0) is 18.3. The number of hydrogen-bond donors (Lipinski definition) is 0. The summed E-state index contributed by atoms with van der Waals surface area (Å²) in [5, 5.41) is 8.30. The summed E-state index contributed by atoms with van der Waals surface area (Å²) in [5.74, 6) is 1.27. The van der Waals surface area contributed by atoms with Gasteiger partial charge in [0.15, 0.2) is 5.65 Å². The number of carbonyl (C=O) groups excluding carboxylic acids is 1. The van der Waals surface area contributed by atoms with Gasteiger partial charge in [0.1, 0.15) is 5.76 Å². The van der Waals surface area contributed by atoms with Crippen LogP contribution >= 0.6 is 0 Å². The molecule has 0 atom stereocenters. The molecule has 0 aromatic carbocycles. The molecular weight excluding hydrogens is 330 g/mol. The van der Waals surface area contributed by atoms with E-state index in [2.05, 4.69) is 10.3 Å². The van der Waals surface area contributed by atoms with Gasteiger partial charge in [-0.2, -0.15) is 5.10 Å². The number of nitrogens with zero attached hydrogens (tertiary/aromatic N) is 5. The second-order valence-corrected chi connectivity index (χ2v) is 7.08. The molecule has 1 aliphatic heterocycles. The van der Waals surface area contributed by atoms with E-state index in [-0.39, 0.29) is 5.91 Å². The van der Waals surface area contributed by atoms with E-state index < -0.39 is 0 Å². The van der Waals surface area contributed by atoms with Gasteiger partial charge in [-0.1, -0.05) is 5.16 Å². The molecule has 4 rings (SSSR count). The quantitative estimate of drug-likeness (QED) is 0.723.